The van der Waals surface area contributed by atoms with Gasteiger partial charge in [-0.2, -0.15) is 0 Å². The van der Waals surface area contributed by atoms with Gasteiger partial charge in [-0.05, 0) is 38.5 Å². The molecule has 1 saturated heterocycles. The van der Waals surface area contributed by atoms with E-state index in [9.17, 15) is 19.2 Å². The van der Waals surface area contributed by atoms with Gasteiger partial charge in [-0.15, -0.1) is 11.6 Å². The topological polar surface area (TPSA) is 162 Å². The largest absolute Gasteiger partial charge is 0.497 e. The second kappa shape index (κ2) is 15.5. The number of carbonyl (C=O) groups is 4. The molecule has 12 nitrogen and oxygen atoms in total. The molecule has 262 valence electrons. The number of hydrogen-bond donors (Lipinski definition) is 3. The highest BCUT2D eigenvalue weighted by Crippen LogP contribution is 2.34. The van der Waals surface area contributed by atoms with E-state index in [0.717, 1.165) is 5.56 Å². The number of hydrogen-bond acceptors (Lipinski definition) is 8. The number of ether oxygens (including phenoxy) is 3. The first-order chi connectivity index (χ1) is 23.8. The fourth-order valence-electron chi connectivity index (χ4n) is 5.65. The Hall–Kier alpha value is -5.36. The molecule has 5 rings (SSSR count). The fraction of sp³-hybridized carbons (Fsp3) is 0.324. The average molecular weight is 702 g/mol. The second-order valence-corrected chi connectivity index (χ2v) is 13.3. The van der Waals surface area contributed by atoms with E-state index >= 15 is 0 Å². The van der Waals surface area contributed by atoms with Crippen molar-refractivity contribution in [2.75, 3.05) is 20.2 Å². The molecule has 1 unspecified atom stereocenters. The Morgan fingerprint density at radius 1 is 1.00 bits per heavy atom. The van der Waals surface area contributed by atoms with E-state index in [4.69, 9.17) is 36.5 Å². The van der Waals surface area contributed by atoms with E-state index < -0.39 is 53.0 Å². The summed E-state index contributed by atoms with van der Waals surface area (Å²) in [6.07, 6.45) is -1.45. The molecule has 0 aliphatic carbocycles. The number of halogens is 1. The SMILES string of the molecule is COc1ccc2c(O[C@@H]3C[C@@H](C(N)=O)N(C(=O)[C@H](CNC(=O)C(Cl)c4ccccc4)NC(=O)OC(C)(C)C)C3)cc(-c3ccccc3)nc2c1. The van der Waals surface area contributed by atoms with E-state index in [-0.39, 0.29) is 19.5 Å². The maximum absolute atomic E-state index is 14.1. The van der Waals surface area contributed by atoms with Gasteiger partial charge in [0.25, 0.3) is 0 Å². The first-order valence-corrected chi connectivity index (χ1v) is 16.5. The lowest BCUT2D eigenvalue weighted by atomic mass is 10.1. The van der Waals surface area contributed by atoms with Crippen LogP contribution in [0.5, 0.6) is 11.5 Å². The van der Waals surface area contributed by atoms with Crippen LogP contribution in [0.2, 0.25) is 0 Å². The summed E-state index contributed by atoms with van der Waals surface area (Å²) in [5.41, 5.74) is 7.64. The van der Waals surface area contributed by atoms with Gasteiger partial charge >= 0.3 is 6.09 Å². The number of fused-ring (bicyclic) bond motifs is 1. The summed E-state index contributed by atoms with van der Waals surface area (Å²) in [6, 6.07) is 23.1. The minimum Gasteiger partial charge on any atom is -0.497 e. The highest BCUT2D eigenvalue weighted by molar-refractivity contribution is 6.30. The number of nitrogens with one attached hydrogen (secondary N) is 2. The molecule has 0 saturated carbocycles. The molecular formula is C37H40ClN5O7. The zero-order chi connectivity index (χ0) is 36.0. The summed E-state index contributed by atoms with van der Waals surface area (Å²) in [6.45, 7) is 4.66. The van der Waals surface area contributed by atoms with Crippen molar-refractivity contribution in [3.05, 3.63) is 90.5 Å². The second-order valence-electron chi connectivity index (χ2n) is 12.9. The van der Waals surface area contributed by atoms with Gasteiger partial charge in [0, 0.05) is 36.0 Å². The Kier molecular flexibility index (Phi) is 11.1. The number of benzene rings is 3. The minimum absolute atomic E-state index is 0.0321. The van der Waals surface area contributed by atoms with Crippen molar-refractivity contribution in [2.24, 2.45) is 5.73 Å². The molecule has 1 fully saturated rings. The first kappa shape index (κ1) is 35.9. The Balaban J connectivity index is 1.40. The van der Waals surface area contributed by atoms with Crippen molar-refractivity contribution < 1.29 is 33.4 Å². The predicted molar refractivity (Wildman–Crippen MR) is 189 cm³/mol. The highest BCUT2D eigenvalue weighted by Gasteiger charge is 2.43. The molecule has 0 radical (unpaired) electrons. The number of aromatic nitrogens is 1. The number of methoxy groups -OCH3 is 1. The number of primary amides is 1. The molecule has 4 atom stereocenters. The summed E-state index contributed by atoms with van der Waals surface area (Å²) >= 11 is 6.40. The van der Waals surface area contributed by atoms with E-state index in [0.29, 0.717) is 33.7 Å². The molecular weight excluding hydrogens is 662 g/mol. The Morgan fingerprint density at radius 2 is 1.68 bits per heavy atom. The van der Waals surface area contributed by atoms with Crippen molar-refractivity contribution in [3.8, 4) is 22.8 Å². The molecule has 3 aromatic carbocycles. The van der Waals surface area contributed by atoms with Crippen LogP contribution < -0.4 is 25.8 Å². The number of nitrogens with two attached hydrogens (primary N) is 1. The molecule has 4 N–H and O–H groups in total. The first-order valence-electron chi connectivity index (χ1n) is 16.1. The van der Waals surface area contributed by atoms with Crippen LogP contribution in [0.15, 0.2) is 84.9 Å². The van der Waals surface area contributed by atoms with Crippen LogP contribution in [0.3, 0.4) is 0 Å². The molecule has 1 aliphatic rings. The van der Waals surface area contributed by atoms with E-state index in [1.165, 1.54) is 4.90 Å². The van der Waals surface area contributed by atoms with E-state index in [1.807, 2.05) is 42.5 Å². The fourth-order valence-corrected chi connectivity index (χ4v) is 5.87. The third-order valence-corrected chi connectivity index (χ3v) is 8.46. The molecule has 4 amide bonds. The van der Waals surface area contributed by atoms with E-state index in [2.05, 4.69) is 10.6 Å². The Labute approximate surface area is 295 Å². The Bertz CT molecular complexity index is 1850. The summed E-state index contributed by atoms with van der Waals surface area (Å²) in [7, 11) is 1.57. The van der Waals surface area contributed by atoms with Crippen LogP contribution in [-0.4, -0.2) is 77.7 Å². The van der Waals surface area contributed by atoms with Gasteiger partial charge in [-0.3, -0.25) is 14.4 Å². The number of pyridine rings is 1. The van der Waals surface area contributed by atoms with Gasteiger partial charge in [-0.25, -0.2) is 9.78 Å². The molecule has 50 heavy (non-hydrogen) atoms. The summed E-state index contributed by atoms with van der Waals surface area (Å²) in [4.78, 5) is 58.8. The number of amides is 4. The lowest BCUT2D eigenvalue weighted by molar-refractivity contribution is -0.139. The highest BCUT2D eigenvalue weighted by atomic mass is 35.5. The molecule has 0 spiro atoms. The van der Waals surface area contributed by atoms with E-state index in [1.54, 1.807) is 70.3 Å². The number of nitrogens with zero attached hydrogens (tertiary/aromatic N) is 2. The van der Waals surface area contributed by atoms with Gasteiger partial charge in [0.05, 0.1) is 24.9 Å². The van der Waals surface area contributed by atoms with Gasteiger partial charge in [0.2, 0.25) is 17.7 Å². The number of alkyl halides is 1. The number of carbonyl (C=O) groups excluding carboxylic acids is 4. The molecule has 1 aliphatic heterocycles. The van der Waals surface area contributed by atoms with Gasteiger partial charge < -0.3 is 35.5 Å². The van der Waals surface area contributed by atoms with Crippen LogP contribution in [0.25, 0.3) is 22.2 Å². The lowest BCUT2D eigenvalue weighted by Gasteiger charge is -2.29. The third-order valence-electron chi connectivity index (χ3n) is 8.01. The normalized spacial score (nSPS) is 17.0. The van der Waals surface area contributed by atoms with Gasteiger partial charge in [0.15, 0.2) is 0 Å². The maximum Gasteiger partial charge on any atom is 0.408 e. The van der Waals surface area contributed by atoms with Crippen LogP contribution >= 0.6 is 11.6 Å². The van der Waals surface area contributed by atoms with Crippen molar-refractivity contribution in [2.45, 2.75) is 56.4 Å². The van der Waals surface area contributed by atoms with Crippen molar-refractivity contribution in [1.29, 1.82) is 0 Å². The summed E-state index contributed by atoms with van der Waals surface area (Å²) in [5.74, 6) is -0.878. The van der Waals surface area contributed by atoms with Crippen molar-refractivity contribution in [3.63, 3.8) is 0 Å². The standard InChI is InChI=1S/C37H40ClN5O7/c1-37(2,3)50-36(47)42-29(20-40-34(45)32(38)23-13-9-6-10-14-23)35(46)43-21-25(18-30(43)33(39)44)49-31-19-27(22-11-7-5-8-12-22)41-28-17-24(48-4)15-16-26(28)31/h5-17,19,25,29-30,32H,18,20-21H2,1-4H3,(H2,39,44)(H,40,45)(H,42,47)/t25-,29+,30+,32?/m1/s1. The van der Waals surface area contributed by atoms with Crippen molar-refractivity contribution >= 4 is 46.3 Å². The zero-order valence-electron chi connectivity index (χ0n) is 28.2. The van der Waals surface area contributed by atoms with Gasteiger partial charge in [-0.1, -0.05) is 60.7 Å². The molecule has 13 heteroatoms. The van der Waals surface area contributed by atoms with Crippen LogP contribution in [0.1, 0.15) is 38.1 Å². The number of rotatable bonds is 11. The molecule has 4 aromatic rings. The van der Waals surface area contributed by atoms with Gasteiger partial charge in [0.1, 0.15) is 40.7 Å². The predicted octanol–water partition coefficient (Wildman–Crippen LogP) is 4.73. The van der Waals surface area contributed by atoms with Crippen LogP contribution in [0.4, 0.5) is 4.79 Å². The number of alkyl carbamates (subject to hydrolysis) is 1. The van der Waals surface area contributed by atoms with Crippen molar-refractivity contribution in [1.82, 2.24) is 20.5 Å². The summed E-state index contributed by atoms with van der Waals surface area (Å²) in [5, 5.41) is 4.84. The number of likely N-dealkylation sites (tertiary alicyclic amines) is 1. The van der Waals surface area contributed by atoms with Crippen LogP contribution in [-0.2, 0) is 19.1 Å². The quantitative estimate of drug-likeness (QED) is 0.189. The maximum atomic E-state index is 14.1. The lowest BCUT2D eigenvalue weighted by Crippen LogP contribution is -2.57. The Morgan fingerprint density at radius 3 is 2.32 bits per heavy atom. The monoisotopic (exact) mass is 701 g/mol. The minimum atomic E-state index is -1.33. The zero-order valence-corrected chi connectivity index (χ0v) is 29.0. The average Bonchev–Trinajstić information content (AvgIpc) is 3.53. The molecule has 1 aromatic heterocycles. The van der Waals surface area contributed by atoms with Crippen LogP contribution in [0, 0.1) is 0 Å². The third kappa shape index (κ3) is 8.80. The molecule has 2 heterocycles. The smallest absolute Gasteiger partial charge is 0.408 e. The summed E-state index contributed by atoms with van der Waals surface area (Å²) < 4.78 is 17.3. The molecule has 0 bridgehead atoms.